The van der Waals surface area contributed by atoms with Gasteiger partial charge in [0.15, 0.2) is 6.04 Å². The summed E-state index contributed by atoms with van der Waals surface area (Å²) in [5, 5.41) is 11.1. The molecular weight excluding hydrogens is 450 g/mol. The molecule has 0 aliphatic heterocycles. The minimum Gasteiger partial charge on any atom is -0.467 e. The van der Waals surface area contributed by atoms with Crippen molar-refractivity contribution in [2.24, 2.45) is 0 Å². The van der Waals surface area contributed by atoms with Crippen molar-refractivity contribution in [1.82, 2.24) is 25.2 Å². The normalized spacial score (nSPS) is 12.0. The maximum atomic E-state index is 13.7. The van der Waals surface area contributed by atoms with E-state index in [1.54, 1.807) is 43.3 Å². The lowest BCUT2D eigenvalue weighted by molar-refractivity contribution is -0.143. The van der Waals surface area contributed by atoms with Gasteiger partial charge in [0.2, 0.25) is 5.91 Å². The first-order valence-corrected chi connectivity index (χ1v) is 11.0. The zero-order valence-corrected chi connectivity index (χ0v) is 19.0. The molecule has 10 nitrogen and oxygen atoms in total. The SMILES string of the molecule is Cc1ccc(C(C(=O)NCc2ccco2)N(Cc2ccco2)C(=O)Cn2nnc3ccccc32)o1. The molecule has 1 unspecified atom stereocenters. The van der Waals surface area contributed by atoms with E-state index in [4.69, 9.17) is 13.3 Å². The molecule has 0 radical (unpaired) electrons. The topological polar surface area (TPSA) is 120 Å². The largest absolute Gasteiger partial charge is 0.467 e. The summed E-state index contributed by atoms with van der Waals surface area (Å²) < 4.78 is 18.2. The van der Waals surface area contributed by atoms with Crippen molar-refractivity contribution in [3.63, 3.8) is 0 Å². The van der Waals surface area contributed by atoms with Gasteiger partial charge >= 0.3 is 0 Å². The number of carbonyl (C=O) groups is 2. The monoisotopic (exact) mass is 473 g/mol. The Morgan fingerprint density at radius 2 is 1.77 bits per heavy atom. The third-order valence-corrected chi connectivity index (χ3v) is 5.54. The van der Waals surface area contributed by atoms with E-state index in [0.717, 1.165) is 0 Å². The van der Waals surface area contributed by atoms with Gasteiger partial charge in [-0.1, -0.05) is 17.3 Å². The molecule has 0 bridgehead atoms. The van der Waals surface area contributed by atoms with Crippen LogP contribution >= 0.6 is 0 Å². The van der Waals surface area contributed by atoms with Crippen molar-refractivity contribution in [2.75, 3.05) is 0 Å². The van der Waals surface area contributed by atoms with Crippen LogP contribution < -0.4 is 5.32 Å². The Morgan fingerprint density at radius 3 is 2.49 bits per heavy atom. The predicted molar refractivity (Wildman–Crippen MR) is 124 cm³/mol. The highest BCUT2D eigenvalue weighted by molar-refractivity contribution is 5.88. The molecule has 178 valence electrons. The van der Waals surface area contributed by atoms with E-state index in [2.05, 4.69) is 15.6 Å². The van der Waals surface area contributed by atoms with Gasteiger partial charge in [-0.2, -0.15) is 0 Å². The first-order chi connectivity index (χ1) is 17.1. The number of hydrogen-bond acceptors (Lipinski definition) is 7. The molecule has 10 heteroatoms. The van der Waals surface area contributed by atoms with Crippen LogP contribution in [-0.2, 0) is 29.2 Å². The van der Waals surface area contributed by atoms with Crippen LogP contribution in [0.15, 0.2) is 86.4 Å². The molecule has 0 spiro atoms. The van der Waals surface area contributed by atoms with Gasteiger partial charge in [-0.05, 0) is 55.5 Å². The van der Waals surface area contributed by atoms with Gasteiger partial charge in [0.1, 0.15) is 35.1 Å². The molecule has 0 fully saturated rings. The number of fused-ring (bicyclic) bond motifs is 1. The van der Waals surface area contributed by atoms with E-state index in [1.165, 1.54) is 22.1 Å². The van der Waals surface area contributed by atoms with E-state index in [9.17, 15) is 9.59 Å². The van der Waals surface area contributed by atoms with Crippen molar-refractivity contribution in [2.45, 2.75) is 32.6 Å². The van der Waals surface area contributed by atoms with E-state index >= 15 is 0 Å². The summed E-state index contributed by atoms with van der Waals surface area (Å²) >= 11 is 0. The third kappa shape index (κ3) is 4.86. The molecule has 5 aromatic rings. The Labute approximate surface area is 200 Å². The highest BCUT2D eigenvalue weighted by Crippen LogP contribution is 2.27. The quantitative estimate of drug-likeness (QED) is 0.347. The van der Waals surface area contributed by atoms with Gasteiger partial charge in [0.05, 0.1) is 31.1 Å². The number of para-hydroxylation sites is 1. The lowest BCUT2D eigenvalue weighted by Crippen LogP contribution is -2.44. The number of nitrogens with zero attached hydrogens (tertiary/aromatic N) is 4. The zero-order chi connectivity index (χ0) is 24.2. The standard InChI is InChI=1S/C25H23N5O5/c1-17-10-11-22(35-17)24(25(32)26-14-18-6-4-12-33-18)29(15-19-7-5-13-34-19)23(31)16-30-21-9-3-2-8-20(21)27-28-30/h2-13,24H,14-16H2,1H3,(H,26,32). The van der Waals surface area contributed by atoms with Crippen LogP contribution in [0.2, 0.25) is 0 Å². The second kappa shape index (κ2) is 9.72. The fourth-order valence-corrected chi connectivity index (χ4v) is 3.86. The molecule has 0 aliphatic carbocycles. The van der Waals surface area contributed by atoms with Crippen LogP contribution in [0.1, 0.15) is 29.1 Å². The molecule has 4 heterocycles. The van der Waals surface area contributed by atoms with Gasteiger partial charge < -0.3 is 23.5 Å². The Hall–Kier alpha value is -4.60. The van der Waals surface area contributed by atoms with Gasteiger partial charge in [0.25, 0.3) is 5.91 Å². The number of nitrogens with one attached hydrogen (secondary N) is 1. The van der Waals surface area contributed by atoms with Crippen LogP contribution in [-0.4, -0.2) is 31.7 Å². The Morgan fingerprint density at radius 1 is 1.00 bits per heavy atom. The Kier molecular flexibility index (Phi) is 6.16. The van der Waals surface area contributed by atoms with Crippen molar-refractivity contribution in [3.05, 3.63) is 96.2 Å². The van der Waals surface area contributed by atoms with E-state index in [1.807, 2.05) is 24.3 Å². The number of rotatable bonds is 9. The fourth-order valence-electron chi connectivity index (χ4n) is 3.86. The number of amides is 2. The minimum absolute atomic E-state index is 0.0526. The summed E-state index contributed by atoms with van der Waals surface area (Å²) in [6.07, 6.45) is 3.05. The lowest BCUT2D eigenvalue weighted by atomic mass is 10.1. The van der Waals surface area contributed by atoms with Crippen molar-refractivity contribution >= 4 is 22.8 Å². The average molecular weight is 473 g/mol. The predicted octanol–water partition coefficient (Wildman–Crippen LogP) is 3.61. The molecule has 0 saturated heterocycles. The number of aromatic nitrogens is 3. The van der Waals surface area contributed by atoms with Gasteiger partial charge in [0, 0.05) is 0 Å². The third-order valence-electron chi connectivity index (χ3n) is 5.54. The fraction of sp³-hybridized carbons (Fsp3) is 0.200. The second-order valence-electron chi connectivity index (χ2n) is 7.98. The van der Waals surface area contributed by atoms with Crippen LogP contribution in [0.4, 0.5) is 0 Å². The molecule has 0 aliphatic rings. The first-order valence-electron chi connectivity index (χ1n) is 11.0. The first kappa shape index (κ1) is 22.2. The highest BCUT2D eigenvalue weighted by Gasteiger charge is 2.35. The summed E-state index contributed by atoms with van der Waals surface area (Å²) in [6, 6.07) is 16.7. The maximum absolute atomic E-state index is 13.7. The van der Waals surface area contributed by atoms with Crippen molar-refractivity contribution < 1.29 is 22.8 Å². The van der Waals surface area contributed by atoms with Gasteiger partial charge in [-0.15, -0.1) is 5.10 Å². The molecule has 4 aromatic heterocycles. The summed E-state index contributed by atoms with van der Waals surface area (Å²) in [4.78, 5) is 28.6. The lowest BCUT2D eigenvalue weighted by Gasteiger charge is -2.29. The van der Waals surface area contributed by atoms with Crippen LogP contribution in [0.3, 0.4) is 0 Å². The molecule has 2 amide bonds. The van der Waals surface area contributed by atoms with Crippen LogP contribution in [0.25, 0.3) is 11.0 Å². The van der Waals surface area contributed by atoms with Gasteiger partial charge in [-0.25, -0.2) is 4.68 Å². The van der Waals surface area contributed by atoms with Crippen molar-refractivity contribution in [1.29, 1.82) is 0 Å². The van der Waals surface area contributed by atoms with Gasteiger partial charge in [-0.3, -0.25) is 9.59 Å². The summed E-state index contributed by atoms with van der Waals surface area (Å²) in [7, 11) is 0. The molecular formula is C25H23N5O5. The van der Waals surface area contributed by atoms with E-state index < -0.39 is 11.9 Å². The highest BCUT2D eigenvalue weighted by atomic mass is 16.3. The molecule has 35 heavy (non-hydrogen) atoms. The van der Waals surface area contributed by atoms with E-state index in [0.29, 0.717) is 34.1 Å². The Balaban J connectivity index is 1.47. The van der Waals surface area contributed by atoms with Crippen LogP contribution in [0.5, 0.6) is 0 Å². The summed E-state index contributed by atoms with van der Waals surface area (Å²) in [5.41, 5.74) is 1.39. The molecule has 1 aromatic carbocycles. The number of furan rings is 3. The maximum Gasteiger partial charge on any atom is 0.251 e. The smallest absolute Gasteiger partial charge is 0.251 e. The van der Waals surface area contributed by atoms with E-state index in [-0.39, 0.29) is 25.5 Å². The minimum atomic E-state index is -1.05. The number of hydrogen-bond donors (Lipinski definition) is 1. The molecule has 1 atom stereocenters. The van der Waals surface area contributed by atoms with Crippen LogP contribution in [0, 0.1) is 6.92 Å². The summed E-state index contributed by atoms with van der Waals surface area (Å²) in [6.45, 7) is 1.87. The number of aryl methyl sites for hydroxylation is 1. The number of benzene rings is 1. The Bertz CT molecular complexity index is 1420. The molecule has 0 saturated carbocycles. The summed E-state index contributed by atoms with van der Waals surface area (Å²) in [5.74, 6) is 1.29. The van der Waals surface area contributed by atoms with Crippen molar-refractivity contribution in [3.8, 4) is 0 Å². The zero-order valence-electron chi connectivity index (χ0n) is 19.0. The average Bonchev–Trinajstić information content (AvgIpc) is 3.67. The second-order valence-corrected chi connectivity index (χ2v) is 7.98. The number of carbonyl (C=O) groups excluding carboxylic acids is 2. The molecule has 5 rings (SSSR count). The molecule has 1 N–H and O–H groups in total.